The first-order valence-corrected chi connectivity index (χ1v) is 3.27. The predicted molar refractivity (Wildman–Crippen MR) is 37.4 cm³/mol. The van der Waals surface area contributed by atoms with Crippen molar-refractivity contribution >= 4 is 11.9 Å². The summed E-state index contributed by atoms with van der Waals surface area (Å²) in [5.74, 6) is -1.79. The quantitative estimate of drug-likeness (QED) is 0.458. The van der Waals surface area contributed by atoms with Crippen LogP contribution in [0.4, 0.5) is 0 Å². The topological polar surface area (TPSA) is 86.6 Å². The van der Waals surface area contributed by atoms with Gasteiger partial charge in [0.15, 0.2) is 0 Å². The lowest BCUT2D eigenvalue weighted by atomic mass is 10.3. The second-order valence-electron chi connectivity index (χ2n) is 2.07. The summed E-state index contributed by atoms with van der Waals surface area (Å²) in [6, 6.07) is 0. The molecule has 5 nitrogen and oxygen atoms in total. The maximum absolute atomic E-state index is 9.95. The SMILES string of the molecule is O=C(O)CCCNCC(=O)O. The van der Waals surface area contributed by atoms with Gasteiger partial charge in [-0.3, -0.25) is 9.59 Å². The number of hydrogen-bond acceptors (Lipinski definition) is 3. The number of carboxylic acids is 2. The Morgan fingerprint density at radius 2 is 1.82 bits per heavy atom. The summed E-state index contributed by atoms with van der Waals surface area (Å²) in [6.07, 6.45) is 0.537. The Kier molecular flexibility index (Phi) is 5.10. The van der Waals surface area contributed by atoms with Crippen molar-refractivity contribution in [3.63, 3.8) is 0 Å². The highest BCUT2D eigenvalue weighted by Gasteiger charge is 1.97. The fourth-order valence-electron chi connectivity index (χ4n) is 0.560. The molecule has 0 atom stereocenters. The number of rotatable bonds is 6. The maximum atomic E-state index is 9.95. The van der Waals surface area contributed by atoms with Crippen LogP contribution < -0.4 is 5.32 Å². The zero-order valence-corrected chi connectivity index (χ0v) is 6.04. The Labute approximate surface area is 64.0 Å². The summed E-state index contributed by atoms with van der Waals surface area (Å²) >= 11 is 0. The van der Waals surface area contributed by atoms with Crippen LogP contribution in [0.3, 0.4) is 0 Å². The maximum Gasteiger partial charge on any atom is 0.317 e. The molecule has 3 N–H and O–H groups in total. The van der Waals surface area contributed by atoms with Crippen LogP contribution in [0.2, 0.25) is 0 Å². The molecule has 0 saturated heterocycles. The highest BCUT2D eigenvalue weighted by molar-refractivity contribution is 5.69. The lowest BCUT2D eigenvalue weighted by molar-refractivity contribution is -0.137. The van der Waals surface area contributed by atoms with Crippen LogP contribution in [-0.2, 0) is 9.59 Å². The molecule has 0 bridgehead atoms. The highest BCUT2D eigenvalue weighted by Crippen LogP contribution is 1.84. The lowest BCUT2D eigenvalue weighted by Gasteiger charge is -1.97. The van der Waals surface area contributed by atoms with Crippen molar-refractivity contribution in [1.82, 2.24) is 5.32 Å². The monoisotopic (exact) mass is 161 g/mol. The molecule has 0 amide bonds. The van der Waals surface area contributed by atoms with Gasteiger partial charge in [-0.15, -0.1) is 0 Å². The second-order valence-corrected chi connectivity index (χ2v) is 2.07. The van der Waals surface area contributed by atoms with E-state index in [1.807, 2.05) is 0 Å². The van der Waals surface area contributed by atoms with Crippen LogP contribution in [0.25, 0.3) is 0 Å². The molecule has 0 aromatic rings. The summed E-state index contributed by atoms with van der Waals surface area (Å²) in [5, 5.41) is 18.9. The third-order valence-corrected chi connectivity index (χ3v) is 1.02. The van der Waals surface area contributed by atoms with Gasteiger partial charge in [0, 0.05) is 6.42 Å². The van der Waals surface area contributed by atoms with Gasteiger partial charge in [-0.1, -0.05) is 0 Å². The molecule has 0 radical (unpaired) electrons. The summed E-state index contributed by atoms with van der Waals surface area (Å²) in [7, 11) is 0. The Morgan fingerprint density at radius 3 is 2.27 bits per heavy atom. The molecule has 0 fully saturated rings. The Bertz CT molecular complexity index is 130. The third kappa shape index (κ3) is 8.90. The normalized spacial score (nSPS) is 9.45. The molecule has 0 rings (SSSR count). The molecule has 11 heavy (non-hydrogen) atoms. The van der Waals surface area contributed by atoms with Crippen LogP contribution in [0.15, 0.2) is 0 Å². The molecule has 0 aliphatic rings. The van der Waals surface area contributed by atoms with E-state index in [1.165, 1.54) is 0 Å². The van der Waals surface area contributed by atoms with E-state index in [-0.39, 0.29) is 13.0 Å². The Hall–Kier alpha value is -1.10. The van der Waals surface area contributed by atoms with Crippen LogP contribution in [-0.4, -0.2) is 35.2 Å². The first-order valence-electron chi connectivity index (χ1n) is 3.27. The van der Waals surface area contributed by atoms with Crippen LogP contribution in [0.1, 0.15) is 12.8 Å². The van der Waals surface area contributed by atoms with Gasteiger partial charge in [-0.2, -0.15) is 0 Å². The summed E-state index contributed by atoms with van der Waals surface area (Å²) < 4.78 is 0. The van der Waals surface area contributed by atoms with Crippen LogP contribution >= 0.6 is 0 Å². The van der Waals surface area contributed by atoms with Gasteiger partial charge in [-0.25, -0.2) is 0 Å². The Balaban J connectivity index is 3.03. The minimum atomic E-state index is -0.930. The number of aliphatic carboxylic acids is 2. The average Bonchev–Trinajstić information content (AvgIpc) is 1.85. The van der Waals surface area contributed by atoms with E-state index < -0.39 is 11.9 Å². The van der Waals surface area contributed by atoms with E-state index in [9.17, 15) is 9.59 Å². The van der Waals surface area contributed by atoms with Gasteiger partial charge in [0.1, 0.15) is 0 Å². The fraction of sp³-hybridized carbons (Fsp3) is 0.667. The lowest BCUT2D eigenvalue weighted by Crippen LogP contribution is -2.23. The minimum absolute atomic E-state index is 0.0760. The van der Waals surface area contributed by atoms with Gasteiger partial charge in [0.2, 0.25) is 0 Å². The van der Waals surface area contributed by atoms with Crippen molar-refractivity contribution in [1.29, 1.82) is 0 Å². The smallest absolute Gasteiger partial charge is 0.317 e. The van der Waals surface area contributed by atoms with Crippen molar-refractivity contribution in [3.05, 3.63) is 0 Å². The second kappa shape index (κ2) is 5.67. The molecule has 0 unspecified atom stereocenters. The number of nitrogens with one attached hydrogen (secondary N) is 1. The first-order chi connectivity index (χ1) is 5.13. The van der Waals surface area contributed by atoms with Crippen molar-refractivity contribution < 1.29 is 19.8 Å². The first kappa shape index (κ1) is 9.90. The number of carbonyl (C=O) groups is 2. The van der Waals surface area contributed by atoms with Crippen molar-refractivity contribution in [2.45, 2.75) is 12.8 Å². The van der Waals surface area contributed by atoms with E-state index in [0.717, 1.165) is 0 Å². The van der Waals surface area contributed by atoms with Crippen molar-refractivity contribution in [3.8, 4) is 0 Å². The summed E-state index contributed by atoms with van der Waals surface area (Å²) in [4.78, 5) is 19.9. The molecule has 0 spiro atoms. The van der Waals surface area contributed by atoms with E-state index in [1.54, 1.807) is 0 Å². The number of hydrogen-bond donors (Lipinski definition) is 3. The van der Waals surface area contributed by atoms with Crippen molar-refractivity contribution in [2.24, 2.45) is 0 Å². The molecule has 64 valence electrons. The zero-order valence-electron chi connectivity index (χ0n) is 6.04. The fourth-order valence-corrected chi connectivity index (χ4v) is 0.560. The number of carboxylic acid groups (broad SMARTS) is 2. The molecule has 0 aliphatic heterocycles. The van der Waals surface area contributed by atoms with E-state index in [4.69, 9.17) is 10.2 Å². The molecular formula is C6H11NO4. The van der Waals surface area contributed by atoms with Gasteiger partial charge in [0.05, 0.1) is 6.54 Å². The van der Waals surface area contributed by atoms with Crippen molar-refractivity contribution in [2.75, 3.05) is 13.1 Å². The summed E-state index contributed by atoms with van der Waals surface area (Å²) in [5.41, 5.74) is 0. The van der Waals surface area contributed by atoms with Gasteiger partial charge in [-0.05, 0) is 13.0 Å². The van der Waals surface area contributed by atoms with Crippen LogP contribution in [0, 0.1) is 0 Å². The van der Waals surface area contributed by atoms with E-state index in [2.05, 4.69) is 5.32 Å². The molecule has 0 heterocycles. The molecule has 0 saturated carbocycles. The van der Waals surface area contributed by atoms with Gasteiger partial charge in [0.25, 0.3) is 0 Å². The third-order valence-electron chi connectivity index (χ3n) is 1.02. The molecular weight excluding hydrogens is 150 g/mol. The van der Waals surface area contributed by atoms with Gasteiger partial charge < -0.3 is 15.5 Å². The summed E-state index contributed by atoms with van der Waals surface area (Å²) in [6.45, 7) is 0.318. The molecule has 0 aliphatic carbocycles. The largest absolute Gasteiger partial charge is 0.481 e. The molecule has 0 aromatic heterocycles. The van der Waals surface area contributed by atoms with Gasteiger partial charge >= 0.3 is 11.9 Å². The zero-order chi connectivity index (χ0) is 8.69. The highest BCUT2D eigenvalue weighted by atomic mass is 16.4. The predicted octanol–water partition coefficient (Wildman–Crippen LogP) is -0.475. The van der Waals surface area contributed by atoms with Crippen LogP contribution in [0.5, 0.6) is 0 Å². The van der Waals surface area contributed by atoms with E-state index >= 15 is 0 Å². The van der Waals surface area contributed by atoms with E-state index in [0.29, 0.717) is 13.0 Å². The Morgan fingerprint density at radius 1 is 1.18 bits per heavy atom. The molecule has 5 heteroatoms. The molecule has 0 aromatic carbocycles. The minimum Gasteiger partial charge on any atom is -0.481 e. The average molecular weight is 161 g/mol. The standard InChI is InChI=1S/C6H11NO4/c8-5(9)2-1-3-7-4-6(10)11/h7H,1-4H2,(H,8,9)(H,10,11).